The van der Waals surface area contributed by atoms with Gasteiger partial charge in [-0.05, 0) is 61.3 Å². The Labute approximate surface area is 165 Å². The molecule has 0 saturated carbocycles. The van der Waals surface area contributed by atoms with E-state index >= 15 is 0 Å². The molecule has 1 fully saturated rings. The number of carbonyl (C=O) groups excluding carboxylic acids is 1. The molecule has 0 aromatic heterocycles. The van der Waals surface area contributed by atoms with E-state index in [2.05, 4.69) is 15.1 Å². The molecule has 1 heterocycles. The minimum Gasteiger partial charge on any atom is -0.355 e. The fourth-order valence-electron chi connectivity index (χ4n) is 3.44. The smallest absolute Gasteiger partial charge is 0.234 e. The Morgan fingerprint density at radius 2 is 1.39 bits per heavy atom. The minimum atomic E-state index is -0.248. The Hall–Kier alpha value is -2.31. The zero-order chi connectivity index (χ0) is 19.8. The Morgan fingerprint density at radius 3 is 2.07 bits per heavy atom. The molecule has 0 atom stereocenters. The summed E-state index contributed by atoms with van der Waals surface area (Å²) in [6.45, 7) is 5.35. The summed E-state index contributed by atoms with van der Waals surface area (Å²) in [6.07, 6.45) is 1.70. The number of hydrogen-bond acceptors (Lipinski definition) is 3. The number of rotatable bonds is 7. The van der Waals surface area contributed by atoms with Crippen molar-refractivity contribution in [1.82, 2.24) is 15.1 Å². The summed E-state index contributed by atoms with van der Waals surface area (Å²) in [5.74, 6) is -0.437. The number of hydrogen-bond donors (Lipinski definition) is 1. The van der Waals surface area contributed by atoms with Gasteiger partial charge in [0.2, 0.25) is 5.91 Å². The zero-order valence-electron chi connectivity index (χ0n) is 16.0. The van der Waals surface area contributed by atoms with Crippen LogP contribution in [0.3, 0.4) is 0 Å². The SMILES string of the molecule is O=C(CN1CCCN(Cc2ccc(F)cc2)CC1)NCCc1ccc(F)cc1. The van der Waals surface area contributed by atoms with E-state index in [1.165, 1.54) is 24.3 Å². The average molecular weight is 387 g/mol. The molecule has 4 nitrogen and oxygen atoms in total. The summed E-state index contributed by atoms with van der Waals surface area (Å²) in [4.78, 5) is 16.7. The standard InChI is InChI=1S/C22H27F2N3O/c23-20-6-2-18(3-7-20)10-11-25-22(28)17-27-13-1-12-26(14-15-27)16-19-4-8-21(24)9-5-19/h2-9H,1,10-17H2,(H,25,28). The van der Waals surface area contributed by atoms with Crippen LogP contribution in [0.2, 0.25) is 0 Å². The first kappa shape index (κ1) is 20.4. The first-order valence-corrected chi connectivity index (χ1v) is 9.79. The van der Waals surface area contributed by atoms with Crippen molar-refractivity contribution in [1.29, 1.82) is 0 Å². The van der Waals surface area contributed by atoms with Crippen LogP contribution in [0.4, 0.5) is 8.78 Å². The lowest BCUT2D eigenvalue weighted by Gasteiger charge is -2.21. The second-order valence-corrected chi connectivity index (χ2v) is 7.26. The van der Waals surface area contributed by atoms with E-state index in [0.29, 0.717) is 19.5 Å². The van der Waals surface area contributed by atoms with E-state index in [1.807, 2.05) is 12.1 Å². The molecule has 1 saturated heterocycles. The maximum absolute atomic E-state index is 13.0. The summed E-state index contributed by atoms with van der Waals surface area (Å²) in [7, 11) is 0. The van der Waals surface area contributed by atoms with Gasteiger partial charge in [0.05, 0.1) is 6.54 Å². The van der Waals surface area contributed by atoms with Gasteiger partial charge < -0.3 is 5.32 Å². The Bertz CT molecular complexity index is 749. The molecule has 2 aromatic carbocycles. The molecule has 1 amide bonds. The maximum Gasteiger partial charge on any atom is 0.234 e. The summed E-state index contributed by atoms with van der Waals surface area (Å²) in [5.41, 5.74) is 2.11. The van der Waals surface area contributed by atoms with Crippen LogP contribution in [0.15, 0.2) is 48.5 Å². The zero-order valence-corrected chi connectivity index (χ0v) is 16.0. The van der Waals surface area contributed by atoms with Crippen molar-refractivity contribution < 1.29 is 13.6 Å². The normalized spacial score (nSPS) is 15.9. The van der Waals surface area contributed by atoms with Gasteiger partial charge in [-0.15, -0.1) is 0 Å². The second-order valence-electron chi connectivity index (χ2n) is 7.26. The third-order valence-electron chi connectivity index (χ3n) is 5.02. The fourth-order valence-corrected chi connectivity index (χ4v) is 3.44. The predicted molar refractivity (Wildman–Crippen MR) is 106 cm³/mol. The first-order chi connectivity index (χ1) is 13.6. The maximum atomic E-state index is 13.0. The van der Waals surface area contributed by atoms with Gasteiger partial charge in [-0.25, -0.2) is 8.78 Å². The van der Waals surface area contributed by atoms with Gasteiger partial charge >= 0.3 is 0 Å². The number of amides is 1. The highest BCUT2D eigenvalue weighted by Gasteiger charge is 2.17. The van der Waals surface area contributed by atoms with Crippen LogP contribution in [0.25, 0.3) is 0 Å². The van der Waals surface area contributed by atoms with Gasteiger partial charge in [-0.2, -0.15) is 0 Å². The molecule has 0 aliphatic carbocycles. The molecular formula is C22H27F2N3O. The minimum absolute atomic E-state index is 0.0223. The molecule has 0 bridgehead atoms. The van der Waals surface area contributed by atoms with Crippen LogP contribution in [-0.2, 0) is 17.8 Å². The molecule has 28 heavy (non-hydrogen) atoms. The molecule has 1 N–H and O–H groups in total. The molecule has 2 aromatic rings. The van der Waals surface area contributed by atoms with E-state index < -0.39 is 0 Å². The summed E-state index contributed by atoms with van der Waals surface area (Å²) >= 11 is 0. The largest absolute Gasteiger partial charge is 0.355 e. The van der Waals surface area contributed by atoms with Gasteiger partial charge in [0.15, 0.2) is 0 Å². The number of carbonyl (C=O) groups is 1. The van der Waals surface area contributed by atoms with Crippen LogP contribution in [0.1, 0.15) is 17.5 Å². The summed E-state index contributed by atoms with van der Waals surface area (Å²) in [5, 5.41) is 2.95. The van der Waals surface area contributed by atoms with Gasteiger partial charge in [0.25, 0.3) is 0 Å². The molecule has 6 heteroatoms. The van der Waals surface area contributed by atoms with Crippen molar-refractivity contribution in [3.63, 3.8) is 0 Å². The molecule has 0 unspecified atom stereocenters. The summed E-state index contributed by atoms with van der Waals surface area (Å²) in [6, 6.07) is 13.0. The fraction of sp³-hybridized carbons (Fsp3) is 0.409. The van der Waals surface area contributed by atoms with Gasteiger partial charge in [-0.1, -0.05) is 24.3 Å². The lowest BCUT2D eigenvalue weighted by Crippen LogP contribution is -2.39. The number of nitrogens with one attached hydrogen (secondary N) is 1. The van der Waals surface area contributed by atoms with Gasteiger partial charge in [-0.3, -0.25) is 14.6 Å². The number of nitrogens with zero attached hydrogens (tertiary/aromatic N) is 2. The molecule has 1 aliphatic rings. The van der Waals surface area contributed by atoms with Crippen molar-refractivity contribution >= 4 is 5.91 Å². The van der Waals surface area contributed by atoms with Gasteiger partial charge in [0, 0.05) is 26.2 Å². The van der Waals surface area contributed by atoms with Crippen LogP contribution in [0.5, 0.6) is 0 Å². The van der Waals surface area contributed by atoms with Crippen LogP contribution in [0, 0.1) is 11.6 Å². The quantitative estimate of drug-likeness (QED) is 0.794. The predicted octanol–water partition coefficient (Wildman–Crippen LogP) is 2.83. The van der Waals surface area contributed by atoms with E-state index in [1.54, 1.807) is 12.1 Å². The van der Waals surface area contributed by atoms with Crippen LogP contribution < -0.4 is 5.32 Å². The average Bonchev–Trinajstić information content (AvgIpc) is 2.90. The van der Waals surface area contributed by atoms with E-state index in [0.717, 1.165) is 50.3 Å². The molecule has 0 radical (unpaired) electrons. The monoisotopic (exact) mass is 387 g/mol. The number of benzene rings is 2. The number of halogens is 2. The van der Waals surface area contributed by atoms with Crippen molar-refractivity contribution in [3.8, 4) is 0 Å². The lowest BCUT2D eigenvalue weighted by molar-refractivity contribution is -0.122. The van der Waals surface area contributed by atoms with E-state index in [-0.39, 0.29) is 17.5 Å². The Kier molecular flexibility index (Phi) is 7.51. The highest BCUT2D eigenvalue weighted by atomic mass is 19.1. The van der Waals surface area contributed by atoms with Crippen LogP contribution >= 0.6 is 0 Å². The second kappa shape index (κ2) is 10.3. The topological polar surface area (TPSA) is 35.6 Å². The van der Waals surface area contributed by atoms with Gasteiger partial charge in [0.1, 0.15) is 11.6 Å². The lowest BCUT2D eigenvalue weighted by atomic mass is 10.1. The third kappa shape index (κ3) is 6.69. The molecule has 150 valence electrons. The van der Waals surface area contributed by atoms with Crippen molar-refractivity contribution in [2.45, 2.75) is 19.4 Å². The first-order valence-electron chi connectivity index (χ1n) is 9.79. The van der Waals surface area contributed by atoms with Crippen LogP contribution in [-0.4, -0.2) is 55.0 Å². The highest BCUT2D eigenvalue weighted by Crippen LogP contribution is 2.10. The summed E-state index contributed by atoms with van der Waals surface area (Å²) < 4.78 is 25.9. The van der Waals surface area contributed by atoms with Crippen molar-refractivity contribution in [2.75, 3.05) is 39.3 Å². The van der Waals surface area contributed by atoms with E-state index in [4.69, 9.17) is 0 Å². The molecule has 0 spiro atoms. The Balaban J connectivity index is 1.37. The Morgan fingerprint density at radius 1 is 0.821 bits per heavy atom. The third-order valence-corrected chi connectivity index (χ3v) is 5.02. The molecule has 3 rings (SSSR count). The molecular weight excluding hydrogens is 360 g/mol. The highest BCUT2D eigenvalue weighted by molar-refractivity contribution is 5.78. The molecule has 1 aliphatic heterocycles. The van der Waals surface area contributed by atoms with Crippen molar-refractivity contribution in [3.05, 3.63) is 71.3 Å². The van der Waals surface area contributed by atoms with Crippen molar-refractivity contribution in [2.24, 2.45) is 0 Å². The van der Waals surface area contributed by atoms with E-state index in [9.17, 15) is 13.6 Å².